The Bertz CT molecular complexity index is 1750. The second-order valence-electron chi connectivity index (χ2n) is 8.51. The average Bonchev–Trinajstić information content (AvgIpc) is 3.36. The van der Waals surface area contributed by atoms with Gasteiger partial charge in [-0.25, -0.2) is 32.9 Å². The maximum absolute atomic E-state index is 12.5. The second-order valence-corrected chi connectivity index (χ2v) is 10.2. The number of esters is 1. The smallest absolute Gasteiger partial charge is 0.338 e. The Morgan fingerprint density at radius 2 is 1.67 bits per heavy atom. The molecule has 5 aromatic rings. The molecule has 0 spiro atoms. The third kappa shape index (κ3) is 6.08. The van der Waals surface area contributed by atoms with Crippen molar-refractivity contribution in [3.63, 3.8) is 0 Å². The van der Waals surface area contributed by atoms with E-state index in [0.29, 0.717) is 22.5 Å². The minimum atomic E-state index is -3.91. The molecule has 2 aromatic heterocycles. The molecule has 11 nitrogen and oxygen atoms in total. The Morgan fingerprint density at radius 3 is 2.38 bits per heavy atom. The van der Waals surface area contributed by atoms with Crippen LogP contribution >= 0.6 is 0 Å². The lowest BCUT2D eigenvalue weighted by Gasteiger charge is -2.09. The van der Waals surface area contributed by atoms with E-state index < -0.39 is 28.5 Å². The molecule has 0 aliphatic rings. The first-order chi connectivity index (χ1) is 18.8. The van der Waals surface area contributed by atoms with Gasteiger partial charge in [-0.1, -0.05) is 29.8 Å². The van der Waals surface area contributed by atoms with Crippen molar-refractivity contribution in [2.24, 2.45) is 0 Å². The molecule has 0 aliphatic carbocycles. The zero-order valence-electron chi connectivity index (χ0n) is 20.6. The first-order valence-corrected chi connectivity index (χ1v) is 13.2. The molecule has 0 saturated heterocycles. The fourth-order valence-corrected chi connectivity index (χ4v) is 4.60. The third-order valence-corrected chi connectivity index (χ3v) is 6.96. The van der Waals surface area contributed by atoms with E-state index in [2.05, 4.69) is 30.0 Å². The number of aryl methyl sites for hydroxylation is 1. The van der Waals surface area contributed by atoms with Crippen molar-refractivity contribution in [3.05, 3.63) is 96.3 Å². The molecule has 0 atom stereocenters. The Balaban J connectivity index is 1.17. The average molecular weight is 543 g/mol. The number of ether oxygens (including phenoxy) is 1. The van der Waals surface area contributed by atoms with Gasteiger partial charge in [0, 0.05) is 23.6 Å². The number of imidazole rings is 1. The van der Waals surface area contributed by atoms with Crippen LogP contribution in [0.25, 0.3) is 22.4 Å². The van der Waals surface area contributed by atoms with Crippen LogP contribution in [0.1, 0.15) is 15.9 Å². The summed E-state index contributed by atoms with van der Waals surface area (Å²) in [5.41, 5.74) is 4.00. The van der Waals surface area contributed by atoms with E-state index in [-0.39, 0.29) is 16.4 Å². The quantitative estimate of drug-likeness (QED) is 0.249. The predicted octanol–water partition coefficient (Wildman–Crippen LogP) is 3.92. The molecule has 0 bridgehead atoms. The molecule has 12 heteroatoms. The van der Waals surface area contributed by atoms with Crippen molar-refractivity contribution in [2.75, 3.05) is 16.6 Å². The van der Waals surface area contributed by atoms with Crippen molar-refractivity contribution in [2.45, 2.75) is 11.8 Å². The Hall–Kier alpha value is -5.10. The molecule has 0 saturated carbocycles. The van der Waals surface area contributed by atoms with Gasteiger partial charge in [0.15, 0.2) is 6.61 Å². The van der Waals surface area contributed by atoms with Crippen LogP contribution in [0.15, 0.2) is 90.1 Å². The lowest BCUT2D eigenvalue weighted by Crippen LogP contribution is -2.21. The molecule has 3 N–H and O–H groups in total. The molecule has 39 heavy (non-hydrogen) atoms. The van der Waals surface area contributed by atoms with Gasteiger partial charge in [0.1, 0.15) is 5.82 Å². The second kappa shape index (κ2) is 10.7. The zero-order chi connectivity index (χ0) is 27.4. The maximum atomic E-state index is 12.5. The number of hydrogen-bond acceptors (Lipinski definition) is 8. The summed E-state index contributed by atoms with van der Waals surface area (Å²) in [7, 11) is -3.91. The van der Waals surface area contributed by atoms with Gasteiger partial charge in [0.2, 0.25) is 5.95 Å². The largest absolute Gasteiger partial charge is 0.452 e. The molecule has 2 heterocycles. The highest BCUT2D eigenvalue weighted by atomic mass is 32.2. The van der Waals surface area contributed by atoms with E-state index in [9.17, 15) is 18.0 Å². The number of H-pyrrole nitrogens is 1. The van der Waals surface area contributed by atoms with Gasteiger partial charge >= 0.3 is 5.97 Å². The van der Waals surface area contributed by atoms with Gasteiger partial charge in [0.25, 0.3) is 15.9 Å². The van der Waals surface area contributed by atoms with Crippen LogP contribution in [-0.2, 0) is 19.6 Å². The Kier molecular flexibility index (Phi) is 7.02. The third-order valence-electron chi connectivity index (χ3n) is 5.62. The Labute approximate surface area is 223 Å². The first-order valence-electron chi connectivity index (χ1n) is 11.7. The highest BCUT2D eigenvalue weighted by Crippen LogP contribution is 2.22. The van der Waals surface area contributed by atoms with E-state index in [1.165, 1.54) is 36.7 Å². The standard InChI is InChI=1S/C27H22N6O5S/c1-17-3-5-18(6-4-17)25-31-22-12-7-19(15-23(22)32-25)26(35)38-16-24(34)30-20-8-10-21(11-9-20)39(36,37)33-27-28-13-2-14-29-27/h2-15H,16H2,1H3,(H,30,34)(H,31,32)(H,28,29,33). The molecular weight excluding hydrogens is 520 g/mol. The first kappa shape index (κ1) is 25.5. The number of benzene rings is 3. The number of aromatic amines is 1. The number of nitrogens with one attached hydrogen (secondary N) is 3. The normalized spacial score (nSPS) is 11.2. The molecule has 0 radical (unpaired) electrons. The number of anilines is 2. The van der Waals surface area contributed by atoms with Gasteiger partial charge in [-0.15, -0.1) is 0 Å². The van der Waals surface area contributed by atoms with Crippen LogP contribution in [0, 0.1) is 6.92 Å². The summed E-state index contributed by atoms with van der Waals surface area (Å²) < 4.78 is 32.4. The zero-order valence-corrected chi connectivity index (χ0v) is 21.4. The molecule has 196 valence electrons. The monoisotopic (exact) mass is 542 g/mol. The maximum Gasteiger partial charge on any atom is 0.338 e. The highest BCUT2D eigenvalue weighted by molar-refractivity contribution is 7.92. The van der Waals surface area contributed by atoms with Crippen molar-refractivity contribution in [3.8, 4) is 11.4 Å². The van der Waals surface area contributed by atoms with Gasteiger partial charge < -0.3 is 15.0 Å². The summed E-state index contributed by atoms with van der Waals surface area (Å²) in [5.74, 6) is -0.638. The molecule has 0 aliphatic heterocycles. The fraction of sp³-hybridized carbons (Fsp3) is 0.0741. The number of sulfonamides is 1. The number of rotatable bonds is 8. The van der Waals surface area contributed by atoms with Crippen LogP contribution in [0.5, 0.6) is 0 Å². The summed E-state index contributed by atoms with van der Waals surface area (Å²) in [4.78, 5) is 40.2. The summed E-state index contributed by atoms with van der Waals surface area (Å²) in [6, 6.07) is 19.8. The number of aromatic nitrogens is 4. The van der Waals surface area contributed by atoms with Crippen LogP contribution in [0.4, 0.5) is 11.6 Å². The minimum absolute atomic E-state index is 0.0425. The van der Waals surface area contributed by atoms with Crippen molar-refractivity contribution < 1.29 is 22.7 Å². The molecule has 0 fully saturated rings. The number of nitrogens with zero attached hydrogens (tertiary/aromatic N) is 3. The number of carbonyl (C=O) groups is 2. The van der Waals surface area contributed by atoms with Gasteiger partial charge in [0.05, 0.1) is 21.5 Å². The summed E-state index contributed by atoms with van der Waals surface area (Å²) in [6.45, 7) is 1.48. The molecule has 3 aromatic carbocycles. The van der Waals surface area contributed by atoms with Gasteiger partial charge in [-0.2, -0.15) is 0 Å². The number of carbonyl (C=O) groups excluding carboxylic acids is 2. The molecule has 1 amide bonds. The van der Waals surface area contributed by atoms with Crippen molar-refractivity contribution in [1.29, 1.82) is 0 Å². The van der Waals surface area contributed by atoms with Gasteiger partial charge in [-0.3, -0.25) is 4.79 Å². The van der Waals surface area contributed by atoms with E-state index in [0.717, 1.165) is 11.1 Å². The van der Waals surface area contributed by atoms with Crippen molar-refractivity contribution >= 4 is 44.6 Å². The summed E-state index contributed by atoms with van der Waals surface area (Å²) >= 11 is 0. The van der Waals surface area contributed by atoms with E-state index in [1.54, 1.807) is 24.3 Å². The van der Waals surface area contributed by atoms with Crippen LogP contribution in [0.2, 0.25) is 0 Å². The number of hydrogen-bond donors (Lipinski definition) is 3. The predicted molar refractivity (Wildman–Crippen MR) is 144 cm³/mol. The SMILES string of the molecule is Cc1ccc(-c2nc3ccc(C(=O)OCC(=O)Nc4ccc(S(=O)(=O)Nc5ncccn5)cc4)cc3[nH]2)cc1. The lowest BCUT2D eigenvalue weighted by atomic mass is 10.1. The summed E-state index contributed by atoms with van der Waals surface area (Å²) in [6.07, 6.45) is 2.82. The lowest BCUT2D eigenvalue weighted by molar-refractivity contribution is -0.119. The van der Waals surface area contributed by atoms with Crippen molar-refractivity contribution in [1.82, 2.24) is 19.9 Å². The minimum Gasteiger partial charge on any atom is -0.452 e. The highest BCUT2D eigenvalue weighted by Gasteiger charge is 2.16. The number of fused-ring (bicyclic) bond motifs is 1. The molecule has 0 unspecified atom stereocenters. The number of amides is 1. The molecular formula is C27H22N6O5S. The van der Waals surface area contributed by atoms with Crippen LogP contribution < -0.4 is 10.0 Å². The topological polar surface area (TPSA) is 156 Å². The van der Waals surface area contributed by atoms with E-state index in [4.69, 9.17) is 4.74 Å². The van der Waals surface area contributed by atoms with Crippen LogP contribution in [0.3, 0.4) is 0 Å². The van der Waals surface area contributed by atoms with E-state index >= 15 is 0 Å². The van der Waals surface area contributed by atoms with E-state index in [1.807, 2.05) is 31.2 Å². The van der Waals surface area contributed by atoms with Crippen LogP contribution in [-0.4, -0.2) is 46.8 Å². The van der Waals surface area contributed by atoms with Gasteiger partial charge in [-0.05, 0) is 55.5 Å². The Morgan fingerprint density at radius 1 is 0.949 bits per heavy atom. The summed E-state index contributed by atoms with van der Waals surface area (Å²) in [5, 5.41) is 2.56. The fourth-order valence-electron chi connectivity index (χ4n) is 3.64. The molecule has 5 rings (SSSR count).